The molecule has 1 amide bonds. The Morgan fingerprint density at radius 1 is 1.29 bits per heavy atom. The summed E-state index contributed by atoms with van der Waals surface area (Å²) in [7, 11) is 0. The number of aromatic nitrogens is 2. The number of nitrogens with one attached hydrogen (secondary N) is 1. The second-order valence-electron chi connectivity index (χ2n) is 7.41. The predicted molar refractivity (Wildman–Crippen MR) is 115 cm³/mol. The van der Waals surface area contributed by atoms with Gasteiger partial charge < -0.3 is 10.1 Å². The second-order valence-corrected chi connectivity index (χ2v) is 9.46. The van der Waals surface area contributed by atoms with E-state index in [4.69, 9.17) is 14.7 Å². The van der Waals surface area contributed by atoms with Crippen LogP contribution in [0.2, 0.25) is 0 Å². The molecule has 0 saturated heterocycles. The molecule has 1 aliphatic heterocycles. The van der Waals surface area contributed by atoms with E-state index in [2.05, 4.69) is 26.1 Å². The zero-order valence-corrected chi connectivity index (χ0v) is 17.9. The number of para-hydroxylation sites is 1. The normalized spacial score (nSPS) is 15.4. The minimum absolute atomic E-state index is 0.0335. The molecule has 0 radical (unpaired) electrons. The number of ether oxygens (including phenoxy) is 1. The van der Waals surface area contributed by atoms with Crippen molar-refractivity contribution in [2.45, 2.75) is 50.8 Å². The molecule has 0 saturated carbocycles. The lowest BCUT2D eigenvalue weighted by Gasteiger charge is -2.30. The quantitative estimate of drug-likeness (QED) is 0.479. The molecule has 0 unspecified atom stereocenters. The van der Waals surface area contributed by atoms with Crippen molar-refractivity contribution in [3.05, 3.63) is 46.6 Å². The van der Waals surface area contributed by atoms with Crippen LogP contribution >= 0.6 is 23.1 Å². The third-order valence-corrected chi connectivity index (χ3v) is 6.73. The Morgan fingerprint density at radius 2 is 2.07 bits per heavy atom. The molecular weight excluding hydrogens is 390 g/mol. The van der Waals surface area contributed by atoms with Crippen molar-refractivity contribution in [2.75, 3.05) is 11.1 Å². The van der Waals surface area contributed by atoms with Gasteiger partial charge in [0.1, 0.15) is 15.7 Å². The maximum absolute atomic E-state index is 12.4. The highest BCUT2D eigenvalue weighted by molar-refractivity contribution is 8.00. The monoisotopic (exact) mass is 413 g/mol. The molecule has 1 N–H and O–H groups in total. The van der Waals surface area contributed by atoms with Gasteiger partial charge in [-0.15, -0.1) is 11.3 Å². The van der Waals surface area contributed by atoms with Gasteiger partial charge in [-0.2, -0.15) is 0 Å². The minimum Gasteiger partial charge on any atom is -0.370 e. The second kappa shape index (κ2) is 7.81. The van der Waals surface area contributed by atoms with Crippen LogP contribution in [0.1, 0.15) is 37.0 Å². The largest absolute Gasteiger partial charge is 0.370 e. The van der Waals surface area contributed by atoms with E-state index < -0.39 is 0 Å². The molecule has 2 aromatic heterocycles. The highest BCUT2D eigenvalue weighted by atomic mass is 32.2. The summed E-state index contributed by atoms with van der Waals surface area (Å²) < 4.78 is 5.97. The first-order valence-corrected chi connectivity index (χ1v) is 11.2. The van der Waals surface area contributed by atoms with Crippen molar-refractivity contribution in [1.29, 1.82) is 0 Å². The number of rotatable bonds is 5. The van der Waals surface area contributed by atoms with E-state index >= 15 is 0 Å². The van der Waals surface area contributed by atoms with Crippen LogP contribution in [0.5, 0.6) is 0 Å². The van der Waals surface area contributed by atoms with Gasteiger partial charge in [0, 0.05) is 28.8 Å². The van der Waals surface area contributed by atoms with Gasteiger partial charge in [0.05, 0.1) is 18.0 Å². The number of carbonyl (C=O) groups is 1. The van der Waals surface area contributed by atoms with Crippen molar-refractivity contribution >= 4 is 44.9 Å². The lowest BCUT2D eigenvalue weighted by Crippen LogP contribution is -2.31. The smallest absolute Gasteiger partial charge is 0.234 e. The molecule has 1 aromatic carbocycles. The number of anilines is 1. The van der Waals surface area contributed by atoms with Gasteiger partial charge in [0.25, 0.3) is 0 Å². The van der Waals surface area contributed by atoms with Gasteiger partial charge in [-0.25, -0.2) is 9.97 Å². The van der Waals surface area contributed by atoms with Crippen molar-refractivity contribution in [2.24, 2.45) is 0 Å². The molecule has 28 heavy (non-hydrogen) atoms. The third-order valence-electron chi connectivity index (χ3n) is 4.66. The Bertz CT molecular complexity index is 1020. The van der Waals surface area contributed by atoms with Gasteiger partial charge in [0.15, 0.2) is 0 Å². The van der Waals surface area contributed by atoms with Gasteiger partial charge >= 0.3 is 0 Å². The van der Waals surface area contributed by atoms with E-state index in [9.17, 15) is 4.79 Å². The summed E-state index contributed by atoms with van der Waals surface area (Å²) in [5, 5.41) is 4.94. The molecule has 0 fully saturated rings. The van der Waals surface area contributed by atoms with Crippen LogP contribution in [0.3, 0.4) is 0 Å². The van der Waals surface area contributed by atoms with Gasteiger partial charge in [-0.1, -0.05) is 36.9 Å². The van der Waals surface area contributed by atoms with Crippen LogP contribution in [-0.4, -0.2) is 27.2 Å². The predicted octanol–water partition coefficient (Wildman–Crippen LogP) is 4.84. The summed E-state index contributed by atoms with van der Waals surface area (Å²) in [5.74, 6) is 1.10. The maximum atomic E-state index is 12.4. The van der Waals surface area contributed by atoms with E-state index in [1.54, 1.807) is 11.3 Å². The average molecular weight is 414 g/mol. The number of aryl methyl sites for hydroxylation is 1. The SMILES string of the molecule is CCc1nc(SCC(=O)Nc2ccccc2)c2c3c(sc2n1)COC(C)(C)C3. The Labute approximate surface area is 172 Å². The highest BCUT2D eigenvalue weighted by Crippen LogP contribution is 2.41. The molecule has 3 aromatic rings. The van der Waals surface area contributed by atoms with E-state index in [-0.39, 0.29) is 11.5 Å². The first-order chi connectivity index (χ1) is 13.4. The molecule has 3 heterocycles. The standard InChI is InChI=1S/C21H23N3O2S2/c1-4-16-23-19(27-12-17(25)22-13-8-6-5-7-9-13)18-14-10-21(2,3)26-11-15(14)28-20(18)24-16/h5-9H,4,10-12H2,1-3H3,(H,22,25). The van der Waals surface area contributed by atoms with Gasteiger partial charge in [-0.05, 0) is 31.5 Å². The first kappa shape index (κ1) is 19.4. The zero-order chi connectivity index (χ0) is 19.7. The number of thioether (sulfide) groups is 1. The average Bonchev–Trinajstić information content (AvgIpc) is 3.03. The fraction of sp³-hybridized carbons (Fsp3) is 0.381. The Morgan fingerprint density at radius 3 is 2.82 bits per heavy atom. The maximum Gasteiger partial charge on any atom is 0.234 e. The van der Waals surface area contributed by atoms with Crippen molar-refractivity contribution in [1.82, 2.24) is 9.97 Å². The molecule has 0 aliphatic carbocycles. The van der Waals surface area contributed by atoms with Crippen LogP contribution in [0.15, 0.2) is 35.4 Å². The molecular formula is C21H23N3O2S2. The molecule has 146 valence electrons. The number of benzene rings is 1. The molecule has 7 heteroatoms. The number of fused-ring (bicyclic) bond motifs is 3. The number of hydrogen-bond donors (Lipinski definition) is 1. The molecule has 0 spiro atoms. The fourth-order valence-electron chi connectivity index (χ4n) is 3.27. The van der Waals surface area contributed by atoms with Crippen LogP contribution in [0.4, 0.5) is 5.69 Å². The number of hydrogen-bond acceptors (Lipinski definition) is 6. The topological polar surface area (TPSA) is 64.1 Å². The number of carbonyl (C=O) groups excluding carboxylic acids is 1. The molecule has 0 atom stereocenters. The summed E-state index contributed by atoms with van der Waals surface area (Å²) in [6, 6.07) is 9.52. The summed E-state index contributed by atoms with van der Waals surface area (Å²) in [6.45, 7) is 6.89. The summed E-state index contributed by atoms with van der Waals surface area (Å²) in [4.78, 5) is 24.2. The molecule has 4 rings (SSSR count). The lowest BCUT2D eigenvalue weighted by molar-refractivity contribution is -0.113. The first-order valence-electron chi connectivity index (χ1n) is 9.38. The van der Waals surface area contributed by atoms with Crippen LogP contribution in [0, 0.1) is 0 Å². The van der Waals surface area contributed by atoms with E-state index in [0.717, 1.165) is 39.6 Å². The highest BCUT2D eigenvalue weighted by Gasteiger charge is 2.31. The van der Waals surface area contributed by atoms with Crippen molar-refractivity contribution in [3.8, 4) is 0 Å². The van der Waals surface area contributed by atoms with Crippen LogP contribution in [0.25, 0.3) is 10.2 Å². The van der Waals surface area contributed by atoms with E-state index in [1.807, 2.05) is 30.3 Å². The van der Waals surface area contributed by atoms with Crippen molar-refractivity contribution in [3.63, 3.8) is 0 Å². The van der Waals surface area contributed by atoms with Gasteiger partial charge in [-0.3, -0.25) is 4.79 Å². The summed E-state index contributed by atoms with van der Waals surface area (Å²) in [5.41, 5.74) is 1.89. The van der Waals surface area contributed by atoms with E-state index in [0.29, 0.717) is 12.4 Å². The van der Waals surface area contributed by atoms with Gasteiger partial charge in [0.2, 0.25) is 5.91 Å². The van der Waals surface area contributed by atoms with E-state index in [1.165, 1.54) is 22.2 Å². The number of amides is 1. The van der Waals surface area contributed by atoms with Crippen LogP contribution < -0.4 is 5.32 Å². The Hall–Kier alpha value is -1.96. The Kier molecular flexibility index (Phi) is 5.40. The zero-order valence-electron chi connectivity index (χ0n) is 16.2. The van der Waals surface area contributed by atoms with Crippen LogP contribution in [-0.2, 0) is 29.0 Å². The summed E-state index contributed by atoms with van der Waals surface area (Å²) in [6.07, 6.45) is 1.60. The molecule has 1 aliphatic rings. The molecule has 0 bridgehead atoms. The number of thiophene rings is 1. The summed E-state index contributed by atoms with van der Waals surface area (Å²) >= 11 is 3.18. The van der Waals surface area contributed by atoms with Crippen molar-refractivity contribution < 1.29 is 9.53 Å². The number of nitrogens with zero attached hydrogens (tertiary/aromatic N) is 2. The third kappa shape index (κ3) is 4.06. The Balaban J connectivity index is 1.62. The lowest BCUT2D eigenvalue weighted by atomic mass is 9.95. The minimum atomic E-state index is -0.197. The molecule has 5 nitrogen and oxygen atoms in total. The fourth-order valence-corrected chi connectivity index (χ4v) is 5.33.